The Morgan fingerprint density at radius 3 is 2.46 bits per heavy atom. The molecule has 1 aromatic heterocycles. The van der Waals surface area contributed by atoms with E-state index in [2.05, 4.69) is 20.6 Å². The van der Waals surface area contributed by atoms with Crippen LogP contribution in [0.5, 0.6) is 5.75 Å². The molecule has 3 rings (SSSR count). The molecule has 144 valence electrons. The summed E-state index contributed by atoms with van der Waals surface area (Å²) >= 11 is 5.99. The average molecular weight is 399 g/mol. The van der Waals surface area contributed by atoms with Gasteiger partial charge in [0.2, 0.25) is 5.95 Å². The van der Waals surface area contributed by atoms with Gasteiger partial charge >= 0.3 is 0 Å². The number of ether oxygens (including phenoxy) is 1. The maximum Gasteiger partial charge on any atom is 0.255 e. The smallest absolute Gasteiger partial charge is 0.255 e. The number of aromatic nitrogens is 2. The Hall–Kier alpha value is -3.52. The van der Waals surface area contributed by atoms with Crippen LogP contribution < -0.4 is 26.8 Å². The minimum Gasteiger partial charge on any atom is -0.495 e. The number of benzene rings is 2. The Kier molecular flexibility index (Phi) is 5.51. The molecule has 3 aromatic rings. The zero-order chi connectivity index (χ0) is 20.3. The monoisotopic (exact) mass is 398 g/mol. The van der Waals surface area contributed by atoms with Crippen LogP contribution in [0.4, 0.5) is 28.8 Å². The van der Waals surface area contributed by atoms with Gasteiger partial charge in [0.1, 0.15) is 16.6 Å². The first kappa shape index (κ1) is 19.2. The van der Waals surface area contributed by atoms with Crippen LogP contribution in [0.15, 0.2) is 42.5 Å². The van der Waals surface area contributed by atoms with Gasteiger partial charge < -0.3 is 26.8 Å². The van der Waals surface area contributed by atoms with Gasteiger partial charge in [-0.25, -0.2) is 4.98 Å². The van der Waals surface area contributed by atoms with Crippen molar-refractivity contribution in [3.8, 4) is 5.75 Å². The van der Waals surface area contributed by atoms with E-state index >= 15 is 0 Å². The lowest BCUT2D eigenvalue weighted by molar-refractivity contribution is 0.102. The molecule has 0 aliphatic heterocycles. The van der Waals surface area contributed by atoms with Gasteiger partial charge in [0.25, 0.3) is 5.91 Å². The highest BCUT2D eigenvalue weighted by molar-refractivity contribution is 6.33. The lowest BCUT2D eigenvalue weighted by Gasteiger charge is -2.13. The van der Waals surface area contributed by atoms with Crippen LogP contribution in [0.1, 0.15) is 16.1 Å². The minimum absolute atomic E-state index is 0.176. The number of carbonyl (C=O) groups excluding carboxylic acids is 1. The van der Waals surface area contributed by atoms with E-state index in [0.717, 1.165) is 0 Å². The first-order valence-electron chi connectivity index (χ1n) is 8.29. The molecule has 1 amide bonds. The van der Waals surface area contributed by atoms with Crippen molar-refractivity contribution in [2.24, 2.45) is 0 Å². The number of anilines is 5. The van der Waals surface area contributed by atoms with Crippen molar-refractivity contribution in [3.63, 3.8) is 0 Å². The van der Waals surface area contributed by atoms with Gasteiger partial charge in [-0.05, 0) is 49.4 Å². The van der Waals surface area contributed by atoms with Crippen LogP contribution in [-0.2, 0) is 0 Å². The first-order chi connectivity index (χ1) is 13.4. The average Bonchev–Trinajstić information content (AvgIpc) is 2.68. The van der Waals surface area contributed by atoms with Crippen molar-refractivity contribution in [1.29, 1.82) is 0 Å². The lowest BCUT2D eigenvalue weighted by atomic mass is 10.1. The highest BCUT2D eigenvalue weighted by Gasteiger charge is 2.13. The van der Waals surface area contributed by atoms with Crippen LogP contribution in [0.3, 0.4) is 0 Å². The molecule has 9 heteroatoms. The van der Waals surface area contributed by atoms with Gasteiger partial charge in [-0.2, -0.15) is 4.98 Å². The molecule has 8 nitrogen and oxygen atoms in total. The molecule has 0 aliphatic rings. The van der Waals surface area contributed by atoms with E-state index in [9.17, 15) is 4.79 Å². The van der Waals surface area contributed by atoms with E-state index in [1.165, 1.54) is 7.11 Å². The summed E-state index contributed by atoms with van der Waals surface area (Å²) in [5.41, 5.74) is 14.2. The highest BCUT2D eigenvalue weighted by Crippen LogP contribution is 2.29. The molecule has 0 saturated heterocycles. The zero-order valence-electron chi connectivity index (χ0n) is 15.3. The predicted molar refractivity (Wildman–Crippen MR) is 111 cm³/mol. The second-order valence-corrected chi connectivity index (χ2v) is 6.33. The van der Waals surface area contributed by atoms with Crippen molar-refractivity contribution < 1.29 is 9.53 Å². The normalized spacial score (nSPS) is 10.4. The summed E-state index contributed by atoms with van der Waals surface area (Å²) < 4.78 is 5.39. The number of nitrogen functional groups attached to an aromatic ring is 2. The lowest BCUT2D eigenvalue weighted by Crippen LogP contribution is -2.12. The number of carbonyl (C=O) groups is 1. The molecule has 0 unspecified atom stereocenters. The summed E-state index contributed by atoms with van der Waals surface area (Å²) in [6, 6.07) is 11.8. The molecule has 28 heavy (non-hydrogen) atoms. The van der Waals surface area contributed by atoms with Crippen LogP contribution >= 0.6 is 11.6 Å². The molecule has 1 heterocycles. The van der Waals surface area contributed by atoms with Gasteiger partial charge in [-0.3, -0.25) is 4.79 Å². The fraction of sp³-hybridized carbons (Fsp3) is 0.105. The molecule has 0 radical (unpaired) electrons. The standard InChI is InChI=1S/C19H19ClN6O2/c1-10-16(20)17(22)26-19(23-10)25-14-8-3-11(9-15(14)28-2)18(27)24-13-6-4-12(21)5-7-13/h3-9H,21H2,1-2H3,(H,24,27)(H3,22,23,25,26). The molecule has 0 spiro atoms. The number of nitrogens with zero attached hydrogens (tertiary/aromatic N) is 2. The van der Waals surface area contributed by atoms with Crippen molar-refractivity contribution in [3.05, 3.63) is 58.7 Å². The number of rotatable bonds is 5. The third-order valence-corrected chi connectivity index (χ3v) is 4.39. The van der Waals surface area contributed by atoms with Crippen LogP contribution in [0.2, 0.25) is 5.02 Å². The molecule has 0 fully saturated rings. The SMILES string of the molecule is COc1cc(C(=O)Nc2ccc(N)cc2)ccc1Nc1nc(C)c(Cl)c(N)n1. The van der Waals surface area contributed by atoms with E-state index in [1.54, 1.807) is 49.4 Å². The minimum atomic E-state index is -0.280. The van der Waals surface area contributed by atoms with Crippen LogP contribution in [0, 0.1) is 6.92 Å². The van der Waals surface area contributed by atoms with Crippen LogP contribution in [-0.4, -0.2) is 23.0 Å². The number of amides is 1. The van der Waals surface area contributed by atoms with Crippen molar-refractivity contribution in [2.75, 3.05) is 29.2 Å². The highest BCUT2D eigenvalue weighted by atomic mass is 35.5. The van der Waals surface area contributed by atoms with E-state index in [1.807, 2.05) is 0 Å². The molecule has 0 bridgehead atoms. The molecule has 0 saturated carbocycles. The Morgan fingerprint density at radius 2 is 1.82 bits per heavy atom. The van der Waals surface area contributed by atoms with Crippen molar-refractivity contribution >= 4 is 46.3 Å². The third-order valence-electron chi connectivity index (χ3n) is 3.92. The van der Waals surface area contributed by atoms with Crippen molar-refractivity contribution in [1.82, 2.24) is 9.97 Å². The maximum absolute atomic E-state index is 12.5. The third kappa shape index (κ3) is 4.24. The topological polar surface area (TPSA) is 128 Å². The number of hydrogen-bond acceptors (Lipinski definition) is 7. The number of halogens is 1. The number of nitrogens with two attached hydrogens (primary N) is 2. The summed E-state index contributed by atoms with van der Waals surface area (Å²) in [7, 11) is 1.50. The van der Waals surface area contributed by atoms with Crippen LogP contribution in [0.25, 0.3) is 0 Å². The maximum atomic E-state index is 12.5. The molecule has 0 aliphatic carbocycles. The van der Waals surface area contributed by atoms with Gasteiger partial charge in [0, 0.05) is 16.9 Å². The Bertz CT molecular complexity index is 1000. The van der Waals surface area contributed by atoms with E-state index < -0.39 is 0 Å². The molecule has 2 aromatic carbocycles. The van der Waals surface area contributed by atoms with E-state index in [-0.39, 0.29) is 17.7 Å². The van der Waals surface area contributed by atoms with E-state index in [4.69, 9.17) is 27.8 Å². The Balaban J connectivity index is 1.82. The Labute approximate surface area is 166 Å². The second kappa shape index (κ2) is 8.01. The van der Waals surface area contributed by atoms with Gasteiger partial charge in [-0.15, -0.1) is 0 Å². The number of nitrogens with one attached hydrogen (secondary N) is 2. The first-order valence-corrected chi connectivity index (χ1v) is 8.66. The quantitative estimate of drug-likeness (QED) is 0.483. The summed E-state index contributed by atoms with van der Waals surface area (Å²) in [5.74, 6) is 0.615. The molecule has 6 N–H and O–H groups in total. The predicted octanol–water partition coefficient (Wildman–Crippen LogP) is 3.61. The van der Waals surface area contributed by atoms with Crippen molar-refractivity contribution in [2.45, 2.75) is 6.92 Å². The van der Waals surface area contributed by atoms with Gasteiger partial charge in [-0.1, -0.05) is 11.6 Å². The number of aryl methyl sites for hydroxylation is 1. The summed E-state index contributed by atoms with van der Waals surface area (Å²) in [6.07, 6.45) is 0. The summed E-state index contributed by atoms with van der Waals surface area (Å²) in [6.45, 7) is 1.73. The number of methoxy groups -OCH3 is 1. The summed E-state index contributed by atoms with van der Waals surface area (Å²) in [5, 5.41) is 6.14. The second-order valence-electron chi connectivity index (χ2n) is 5.95. The molecule has 0 atom stereocenters. The Morgan fingerprint density at radius 1 is 1.11 bits per heavy atom. The molecular weight excluding hydrogens is 380 g/mol. The van der Waals surface area contributed by atoms with Gasteiger partial charge in [0.05, 0.1) is 18.5 Å². The molecular formula is C19H19ClN6O2. The van der Waals surface area contributed by atoms with Gasteiger partial charge in [0.15, 0.2) is 0 Å². The fourth-order valence-corrected chi connectivity index (χ4v) is 2.55. The largest absolute Gasteiger partial charge is 0.495 e. The zero-order valence-corrected chi connectivity index (χ0v) is 16.0. The summed E-state index contributed by atoms with van der Waals surface area (Å²) in [4.78, 5) is 20.8. The van der Waals surface area contributed by atoms with E-state index in [0.29, 0.717) is 39.1 Å². The fourth-order valence-electron chi connectivity index (χ4n) is 2.46. The number of hydrogen-bond donors (Lipinski definition) is 4.